The second kappa shape index (κ2) is 9.35. The summed E-state index contributed by atoms with van der Waals surface area (Å²) in [5.41, 5.74) is 2.93. The number of fused-ring (bicyclic) bond motifs is 1. The molecule has 2 aromatic carbocycles. The van der Waals surface area contributed by atoms with E-state index in [9.17, 15) is 9.59 Å². The molecule has 4 heteroatoms. The van der Waals surface area contributed by atoms with Gasteiger partial charge in [0.05, 0.1) is 11.0 Å². The predicted molar refractivity (Wildman–Crippen MR) is 123 cm³/mol. The van der Waals surface area contributed by atoms with E-state index >= 15 is 0 Å². The highest BCUT2D eigenvalue weighted by atomic mass is 16.5. The van der Waals surface area contributed by atoms with Crippen molar-refractivity contribution in [1.29, 1.82) is 0 Å². The minimum absolute atomic E-state index is 0.0258. The van der Waals surface area contributed by atoms with E-state index in [2.05, 4.69) is 24.4 Å². The van der Waals surface area contributed by atoms with Crippen LogP contribution < -0.4 is 10.1 Å². The van der Waals surface area contributed by atoms with Crippen LogP contribution in [0.15, 0.2) is 42.5 Å². The zero-order valence-corrected chi connectivity index (χ0v) is 18.7. The first-order valence-corrected chi connectivity index (χ1v) is 11.7. The Morgan fingerprint density at radius 1 is 1.10 bits per heavy atom. The van der Waals surface area contributed by atoms with E-state index in [0.717, 1.165) is 43.0 Å². The van der Waals surface area contributed by atoms with Crippen LogP contribution >= 0.6 is 0 Å². The van der Waals surface area contributed by atoms with Crippen LogP contribution in [0.25, 0.3) is 0 Å². The summed E-state index contributed by atoms with van der Waals surface area (Å²) in [5, 5.41) is 3.40. The first kappa shape index (κ1) is 21.8. The quantitative estimate of drug-likeness (QED) is 0.588. The summed E-state index contributed by atoms with van der Waals surface area (Å²) in [7, 11) is 0. The predicted octanol–water partition coefficient (Wildman–Crippen LogP) is 5.33. The number of ether oxygens (including phenoxy) is 1. The van der Waals surface area contributed by atoms with Crippen molar-refractivity contribution in [3.63, 3.8) is 0 Å². The average Bonchev–Trinajstić information content (AvgIpc) is 3.17. The van der Waals surface area contributed by atoms with E-state index in [1.54, 1.807) is 6.07 Å². The monoisotopic (exact) mass is 419 g/mol. The van der Waals surface area contributed by atoms with E-state index in [-0.39, 0.29) is 17.0 Å². The number of hydrogen-bond acceptors (Lipinski definition) is 4. The van der Waals surface area contributed by atoms with Gasteiger partial charge in [0.1, 0.15) is 12.4 Å². The average molecular weight is 420 g/mol. The van der Waals surface area contributed by atoms with Gasteiger partial charge in [-0.1, -0.05) is 37.3 Å². The molecule has 0 aliphatic carbocycles. The lowest BCUT2D eigenvalue weighted by Crippen LogP contribution is -2.27. The van der Waals surface area contributed by atoms with Crippen molar-refractivity contribution in [2.24, 2.45) is 5.92 Å². The molecule has 0 spiro atoms. The number of nitrogens with one attached hydrogen (secondary N) is 1. The van der Waals surface area contributed by atoms with Crippen LogP contribution in [0.4, 0.5) is 0 Å². The number of Topliss-reactive ketones (excluding diaryl/α,β-unsaturated/α-hetero) is 2. The third kappa shape index (κ3) is 4.45. The van der Waals surface area contributed by atoms with E-state index in [4.69, 9.17) is 4.74 Å². The van der Waals surface area contributed by atoms with Crippen LogP contribution in [0.3, 0.4) is 0 Å². The molecule has 2 aliphatic heterocycles. The Balaban J connectivity index is 1.61. The minimum atomic E-state index is -0.370. The van der Waals surface area contributed by atoms with E-state index < -0.39 is 0 Å². The van der Waals surface area contributed by atoms with Gasteiger partial charge in [-0.15, -0.1) is 0 Å². The second-order valence-corrected chi connectivity index (χ2v) is 9.17. The van der Waals surface area contributed by atoms with Crippen molar-refractivity contribution < 1.29 is 14.3 Å². The van der Waals surface area contributed by atoms with E-state index in [1.165, 1.54) is 12.8 Å². The Hall–Kier alpha value is -2.46. The zero-order chi connectivity index (χ0) is 21.8. The zero-order valence-electron chi connectivity index (χ0n) is 18.7. The number of carbonyl (C=O) groups is 2. The van der Waals surface area contributed by atoms with Crippen LogP contribution in [0, 0.1) is 5.92 Å². The lowest BCUT2D eigenvalue weighted by molar-refractivity contribution is 0.0976. The Bertz CT molecular complexity index is 946. The Morgan fingerprint density at radius 2 is 1.84 bits per heavy atom. The molecule has 4 nitrogen and oxygen atoms in total. The van der Waals surface area contributed by atoms with Gasteiger partial charge in [0.2, 0.25) is 0 Å². The van der Waals surface area contributed by atoms with Gasteiger partial charge >= 0.3 is 0 Å². The third-order valence-corrected chi connectivity index (χ3v) is 7.02. The maximum absolute atomic E-state index is 13.1. The third-order valence-electron chi connectivity index (χ3n) is 7.02. The normalized spacial score (nSPS) is 20.8. The van der Waals surface area contributed by atoms with Gasteiger partial charge in [-0.2, -0.15) is 0 Å². The molecule has 0 radical (unpaired) electrons. The van der Waals surface area contributed by atoms with Crippen LogP contribution in [0.1, 0.15) is 84.2 Å². The molecule has 0 bridgehead atoms. The molecule has 164 valence electrons. The summed E-state index contributed by atoms with van der Waals surface area (Å²) >= 11 is 0. The fourth-order valence-corrected chi connectivity index (χ4v) is 4.96. The molecule has 0 amide bonds. The maximum atomic E-state index is 13.1. The molecule has 1 fully saturated rings. The van der Waals surface area contributed by atoms with Gasteiger partial charge in [0.15, 0.2) is 11.6 Å². The number of benzene rings is 2. The number of piperidine rings is 1. The molecule has 0 saturated carbocycles. The van der Waals surface area contributed by atoms with Gasteiger partial charge in [0, 0.05) is 24.0 Å². The number of hydrogen-bond donors (Lipinski definition) is 1. The number of carbonyl (C=O) groups excluding carboxylic acids is 2. The van der Waals surface area contributed by atoms with Gasteiger partial charge in [0.25, 0.3) is 0 Å². The standard InChI is InChI=1S/C27H33NO3/c1-3-24(29)22-16-20(25(30)11-7-8-19-12-14-28-15-13-19)17-23-26(22)31-18-27(23,2)21-9-5-4-6-10-21/h4-6,9-10,16-17,19,28H,3,7-8,11-15,18H2,1-2H3. The highest BCUT2D eigenvalue weighted by Gasteiger charge is 2.40. The first-order valence-electron chi connectivity index (χ1n) is 11.7. The minimum Gasteiger partial charge on any atom is -0.491 e. The highest BCUT2D eigenvalue weighted by molar-refractivity contribution is 6.04. The lowest BCUT2D eigenvalue weighted by Gasteiger charge is -2.24. The van der Waals surface area contributed by atoms with Crippen molar-refractivity contribution >= 4 is 11.6 Å². The van der Waals surface area contributed by atoms with Crippen molar-refractivity contribution in [3.05, 3.63) is 64.7 Å². The molecule has 1 N–H and O–H groups in total. The van der Waals surface area contributed by atoms with Crippen LogP contribution in [0.5, 0.6) is 5.75 Å². The fraction of sp³-hybridized carbons (Fsp3) is 0.481. The van der Waals surface area contributed by atoms with Crippen LogP contribution in [-0.2, 0) is 5.41 Å². The van der Waals surface area contributed by atoms with Crippen molar-refractivity contribution in [3.8, 4) is 5.75 Å². The molecular formula is C27H33NO3. The molecule has 31 heavy (non-hydrogen) atoms. The molecule has 2 aliphatic rings. The molecular weight excluding hydrogens is 386 g/mol. The van der Waals surface area contributed by atoms with Crippen molar-refractivity contribution in [1.82, 2.24) is 5.32 Å². The number of rotatable bonds is 8. The van der Waals surface area contributed by atoms with Crippen molar-refractivity contribution in [2.75, 3.05) is 19.7 Å². The second-order valence-electron chi connectivity index (χ2n) is 9.17. The molecule has 0 aromatic heterocycles. The molecule has 1 unspecified atom stereocenters. The topological polar surface area (TPSA) is 55.4 Å². The summed E-state index contributed by atoms with van der Waals surface area (Å²) in [6.45, 7) is 6.64. The highest BCUT2D eigenvalue weighted by Crippen LogP contribution is 2.46. The van der Waals surface area contributed by atoms with Gasteiger partial charge < -0.3 is 10.1 Å². The molecule has 1 atom stereocenters. The van der Waals surface area contributed by atoms with E-state index in [1.807, 2.05) is 31.2 Å². The fourth-order valence-electron chi connectivity index (χ4n) is 4.96. The van der Waals surface area contributed by atoms with E-state index in [0.29, 0.717) is 36.3 Å². The van der Waals surface area contributed by atoms with Crippen molar-refractivity contribution in [2.45, 2.75) is 57.8 Å². The number of ketones is 2. The van der Waals surface area contributed by atoms with Gasteiger partial charge in [-0.05, 0) is 69.3 Å². The van der Waals surface area contributed by atoms with Gasteiger partial charge in [-0.3, -0.25) is 9.59 Å². The molecule has 2 aromatic rings. The molecule has 1 saturated heterocycles. The molecule has 2 heterocycles. The largest absolute Gasteiger partial charge is 0.491 e. The Morgan fingerprint density at radius 3 is 2.55 bits per heavy atom. The summed E-state index contributed by atoms with van der Waals surface area (Å²) in [5.74, 6) is 1.53. The Kier molecular flexibility index (Phi) is 6.57. The summed E-state index contributed by atoms with van der Waals surface area (Å²) in [6, 6.07) is 14.0. The first-order chi connectivity index (χ1) is 15.0. The van der Waals surface area contributed by atoms with Crippen LogP contribution in [-0.4, -0.2) is 31.3 Å². The Labute approximate surface area is 185 Å². The maximum Gasteiger partial charge on any atom is 0.166 e. The molecule has 4 rings (SSSR count). The smallest absolute Gasteiger partial charge is 0.166 e. The summed E-state index contributed by atoms with van der Waals surface area (Å²) in [6.07, 6.45) is 5.34. The lowest BCUT2D eigenvalue weighted by atomic mass is 9.76. The van der Waals surface area contributed by atoms with Crippen LogP contribution in [0.2, 0.25) is 0 Å². The summed E-state index contributed by atoms with van der Waals surface area (Å²) < 4.78 is 6.08. The van der Waals surface area contributed by atoms with Gasteiger partial charge in [-0.25, -0.2) is 0 Å². The summed E-state index contributed by atoms with van der Waals surface area (Å²) in [4.78, 5) is 25.9. The SMILES string of the molecule is CCC(=O)c1cc(C(=O)CCCC2CCNCC2)cc2c1OCC2(C)c1ccccc1.